The van der Waals surface area contributed by atoms with Crippen molar-refractivity contribution < 1.29 is 9.18 Å². The summed E-state index contributed by atoms with van der Waals surface area (Å²) in [5, 5.41) is 2.83. The number of amides is 1. The second-order valence-corrected chi connectivity index (χ2v) is 5.99. The summed E-state index contributed by atoms with van der Waals surface area (Å²) in [5.74, 6) is -0.166. The average molecular weight is 330 g/mol. The van der Waals surface area contributed by atoms with Crippen molar-refractivity contribution in [2.75, 3.05) is 19.6 Å². The molecule has 0 radical (unpaired) electrons. The Morgan fingerprint density at radius 1 is 1.42 bits per heavy atom. The second kappa shape index (κ2) is 7.35. The van der Waals surface area contributed by atoms with Crippen LogP contribution >= 0.6 is 0 Å². The van der Waals surface area contributed by atoms with Gasteiger partial charge in [0.1, 0.15) is 11.5 Å². The van der Waals surface area contributed by atoms with Crippen LogP contribution in [-0.4, -0.2) is 40.4 Å². The van der Waals surface area contributed by atoms with Crippen molar-refractivity contribution in [3.63, 3.8) is 0 Å². The molecule has 1 aromatic carbocycles. The van der Waals surface area contributed by atoms with E-state index in [1.54, 1.807) is 12.1 Å². The summed E-state index contributed by atoms with van der Waals surface area (Å²) in [7, 11) is 0. The minimum absolute atomic E-state index is 0.182. The summed E-state index contributed by atoms with van der Waals surface area (Å²) in [5.41, 5.74) is 0.543. The maximum absolute atomic E-state index is 13.7. The molecule has 0 spiro atoms. The van der Waals surface area contributed by atoms with Gasteiger partial charge in [0.15, 0.2) is 0 Å². The molecule has 1 atom stereocenters. The Morgan fingerprint density at radius 3 is 3.00 bits per heavy atom. The summed E-state index contributed by atoms with van der Waals surface area (Å²) < 4.78 is 13.7. The Morgan fingerprint density at radius 2 is 2.25 bits per heavy atom. The molecule has 2 aromatic rings. The number of H-pyrrole nitrogens is 1. The van der Waals surface area contributed by atoms with Gasteiger partial charge in [-0.2, -0.15) is 0 Å². The first-order valence-electron chi connectivity index (χ1n) is 7.90. The van der Waals surface area contributed by atoms with E-state index in [4.69, 9.17) is 0 Å². The summed E-state index contributed by atoms with van der Waals surface area (Å²) in [6, 6.07) is 6.79. The number of aromatic nitrogens is 2. The number of benzene rings is 1. The van der Waals surface area contributed by atoms with Crippen LogP contribution < -0.4 is 10.9 Å². The molecule has 2 heterocycles. The van der Waals surface area contributed by atoms with Crippen LogP contribution in [0.1, 0.15) is 22.5 Å². The van der Waals surface area contributed by atoms with Gasteiger partial charge in [0.25, 0.3) is 11.5 Å². The second-order valence-electron chi connectivity index (χ2n) is 5.99. The van der Waals surface area contributed by atoms with Crippen LogP contribution in [0.25, 0.3) is 0 Å². The molecule has 126 valence electrons. The van der Waals surface area contributed by atoms with E-state index in [0.717, 1.165) is 25.7 Å². The summed E-state index contributed by atoms with van der Waals surface area (Å²) in [6.07, 6.45) is 3.34. The third kappa shape index (κ3) is 4.05. The molecule has 1 aliphatic heterocycles. The minimum Gasteiger partial charge on any atom is -0.350 e. The fourth-order valence-electron chi connectivity index (χ4n) is 2.88. The van der Waals surface area contributed by atoms with Crippen molar-refractivity contribution in [2.24, 2.45) is 5.92 Å². The number of carbonyl (C=O) groups is 1. The van der Waals surface area contributed by atoms with E-state index in [1.165, 1.54) is 12.3 Å². The highest BCUT2D eigenvalue weighted by Gasteiger charge is 2.23. The smallest absolute Gasteiger partial charge is 0.271 e. The van der Waals surface area contributed by atoms with Crippen LogP contribution in [0.4, 0.5) is 4.39 Å². The monoisotopic (exact) mass is 330 g/mol. The maximum Gasteiger partial charge on any atom is 0.271 e. The Kier molecular flexibility index (Phi) is 5.00. The quantitative estimate of drug-likeness (QED) is 0.862. The standard InChI is InChI=1S/C17H19FN4O2/c18-14-4-2-1-3-13(14)11-22-6-5-12(10-22)7-21-17(24)15-8-20-16(23)9-19-15/h1-4,8-9,12H,5-7,10-11H2,(H,20,23)(H,21,24). The molecule has 1 saturated heterocycles. The first-order valence-corrected chi connectivity index (χ1v) is 7.90. The van der Waals surface area contributed by atoms with Crippen molar-refractivity contribution >= 4 is 5.91 Å². The van der Waals surface area contributed by atoms with E-state index >= 15 is 0 Å². The first-order chi connectivity index (χ1) is 11.6. The average Bonchev–Trinajstić information content (AvgIpc) is 3.03. The van der Waals surface area contributed by atoms with Gasteiger partial charge in [0, 0.05) is 31.4 Å². The van der Waals surface area contributed by atoms with Gasteiger partial charge in [0.2, 0.25) is 0 Å². The van der Waals surface area contributed by atoms with E-state index in [0.29, 0.717) is 24.6 Å². The molecule has 1 aromatic heterocycles. The van der Waals surface area contributed by atoms with Crippen LogP contribution in [0, 0.1) is 11.7 Å². The molecule has 0 aliphatic carbocycles. The van der Waals surface area contributed by atoms with Crippen molar-refractivity contribution in [2.45, 2.75) is 13.0 Å². The molecule has 1 amide bonds. The van der Waals surface area contributed by atoms with Gasteiger partial charge in [-0.05, 0) is 24.9 Å². The van der Waals surface area contributed by atoms with Crippen LogP contribution in [0.15, 0.2) is 41.5 Å². The Balaban J connectivity index is 1.48. The molecule has 24 heavy (non-hydrogen) atoms. The fraction of sp³-hybridized carbons (Fsp3) is 0.353. The Bertz CT molecular complexity index is 757. The van der Waals surface area contributed by atoms with E-state index in [2.05, 4.69) is 20.2 Å². The van der Waals surface area contributed by atoms with Gasteiger partial charge in [-0.15, -0.1) is 0 Å². The van der Waals surface area contributed by atoms with Gasteiger partial charge in [-0.25, -0.2) is 9.37 Å². The maximum atomic E-state index is 13.7. The third-order valence-corrected chi connectivity index (χ3v) is 4.18. The molecule has 2 N–H and O–H groups in total. The Labute approximate surface area is 138 Å². The van der Waals surface area contributed by atoms with E-state index in [9.17, 15) is 14.0 Å². The predicted octanol–water partition coefficient (Wildman–Crippen LogP) is 1.16. The highest BCUT2D eigenvalue weighted by molar-refractivity contribution is 5.91. The van der Waals surface area contributed by atoms with Crippen molar-refractivity contribution in [1.82, 2.24) is 20.2 Å². The molecular formula is C17H19FN4O2. The predicted molar refractivity (Wildman–Crippen MR) is 87.0 cm³/mol. The number of hydrogen-bond acceptors (Lipinski definition) is 4. The van der Waals surface area contributed by atoms with E-state index in [-0.39, 0.29) is 23.0 Å². The third-order valence-electron chi connectivity index (χ3n) is 4.18. The van der Waals surface area contributed by atoms with E-state index < -0.39 is 0 Å². The van der Waals surface area contributed by atoms with Crippen molar-refractivity contribution in [1.29, 1.82) is 0 Å². The van der Waals surface area contributed by atoms with Crippen molar-refractivity contribution in [3.8, 4) is 0 Å². The number of likely N-dealkylation sites (tertiary alicyclic amines) is 1. The fourth-order valence-corrected chi connectivity index (χ4v) is 2.88. The minimum atomic E-state index is -0.342. The molecule has 0 saturated carbocycles. The lowest BCUT2D eigenvalue weighted by atomic mass is 10.1. The number of nitrogens with zero attached hydrogens (tertiary/aromatic N) is 2. The van der Waals surface area contributed by atoms with Crippen LogP contribution in [0.3, 0.4) is 0 Å². The number of aromatic amines is 1. The Hall–Kier alpha value is -2.54. The number of carbonyl (C=O) groups excluding carboxylic acids is 1. The highest BCUT2D eigenvalue weighted by atomic mass is 19.1. The molecule has 7 heteroatoms. The zero-order valence-electron chi connectivity index (χ0n) is 13.2. The number of rotatable bonds is 5. The summed E-state index contributed by atoms with van der Waals surface area (Å²) in [6.45, 7) is 2.81. The molecule has 0 bridgehead atoms. The zero-order valence-corrected chi connectivity index (χ0v) is 13.2. The number of nitrogens with one attached hydrogen (secondary N) is 2. The molecular weight excluding hydrogens is 311 g/mol. The van der Waals surface area contributed by atoms with Gasteiger partial charge in [0.05, 0.1) is 6.20 Å². The lowest BCUT2D eigenvalue weighted by molar-refractivity contribution is 0.0942. The molecule has 6 nitrogen and oxygen atoms in total. The summed E-state index contributed by atoms with van der Waals surface area (Å²) in [4.78, 5) is 31.3. The van der Waals surface area contributed by atoms with Crippen LogP contribution in [-0.2, 0) is 6.54 Å². The number of hydrogen-bond donors (Lipinski definition) is 2. The molecule has 3 rings (SSSR count). The number of halogens is 1. The molecule has 1 unspecified atom stereocenters. The first kappa shape index (κ1) is 16.3. The largest absolute Gasteiger partial charge is 0.350 e. The lowest BCUT2D eigenvalue weighted by Gasteiger charge is -2.16. The normalized spacial score (nSPS) is 17.8. The molecule has 1 aliphatic rings. The topological polar surface area (TPSA) is 78.1 Å². The van der Waals surface area contributed by atoms with Crippen LogP contribution in [0.5, 0.6) is 0 Å². The summed E-state index contributed by atoms with van der Waals surface area (Å²) >= 11 is 0. The van der Waals surface area contributed by atoms with Gasteiger partial charge < -0.3 is 10.3 Å². The SMILES string of the molecule is O=C(NCC1CCN(Cc2ccccc2F)C1)c1c[nH]c(=O)cn1. The van der Waals surface area contributed by atoms with Crippen molar-refractivity contribution in [3.05, 3.63) is 64.1 Å². The zero-order chi connectivity index (χ0) is 16.9. The lowest BCUT2D eigenvalue weighted by Crippen LogP contribution is -2.32. The van der Waals surface area contributed by atoms with Gasteiger partial charge in [-0.3, -0.25) is 14.5 Å². The van der Waals surface area contributed by atoms with Crippen LogP contribution in [0.2, 0.25) is 0 Å². The van der Waals surface area contributed by atoms with E-state index in [1.807, 2.05) is 6.07 Å². The highest BCUT2D eigenvalue weighted by Crippen LogP contribution is 2.19. The van der Waals surface area contributed by atoms with Gasteiger partial charge in [-0.1, -0.05) is 18.2 Å². The molecule has 1 fully saturated rings. The van der Waals surface area contributed by atoms with Gasteiger partial charge >= 0.3 is 0 Å².